The summed E-state index contributed by atoms with van der Waals surface area (Å²) in [5.74, 6) is -1.01. The van der Waals surface area contributed by atoms with Crippen LogP contribution >= 0.6 is 11.6 Å². The number of aromatic nitrogens is 2. The molecular formula is C16H16ClF2N3O. The summed E-state index contributed by atoms with van der Waals surface area (Å²) in [4.78, 5) is 17.9. The van der Waals surface area contributed by atoms with Crippen molar-refractivity contribution in [2.24, 2.45) is 0 Å². The highest BCUT2D eigenvalue weighted by Crippen LogP contribution is 2.23. The van der Waals surface area contributed by atoms with E-state index >= 15 is 0 Å². The van der Waals surface area contributed by atoms with E-state index in [-0.39, 0.29) is 29.9 Å². The third kappa shape index (κ3) is 3.22. The van der Waals surface area contributed by atoms with Gasteiger partial charge in [0.1, 0.15) is 23.3 Å². The number of halogens is 3. The van der Waals surface area contributed by atoms with E-state index in [9.17, 15) is 13.6 Å². The van der Waals surface area contributed by atoms with E-state index in [0.717, 1.165) is 5.82 Å². The third-order valence-corrected chi connectivity index (χ3v) is 4.42. The maximum absolute atomic E-state index is 13.9. The first-order valence-corrected chi connectivity index (χ1v) is 7.92. The predicted molar refractivity (Wildman–Crippen MR) is 82.0 cm³/mol. The Morgan fingerprint density at radius 2 is 2.13 bits per heavy atom. The van der Waals surface area contributed by atoms with Crippen molar-refractivity contribution in [3.63, 3.8) is 0 Å². The quantitative estimate of drug-likeness (QED) is 0.803. The van der Waals surface area contributed by atoms with E-state index in [1.165, 1.54) is 23.1 Å². The van der Waals surface area contributed by atoms with Crippen LogP contribution in [-0.4, -0.2) is 32.3 Å². The van der Waals surface area contributed by atoms with Gasteiger partial charge in [0.2, 0.25) is 5.91 Å². The smallest absolute Gasteiger partial charge is 0.238 e. The van der Waals surface area contributed by atoms with E-state index in [1.54, 1.807) is 6.20 Å². The zero-order valence-electron chi connectivity index (χ0n) is 12.4. The molecule has 0 N–H and O–H groups in total. The Morgan fingerprint density at radius 1 is 1.39 bits per heavy atom. The fourth-order valence-corrected chi connectivity index (χ4v) is 3.11. The Hall–Kier alpha value is -1.95. The molecule has 1 aromatic carbocycles. The Balaban J connectivity index is 1.86. The van der Waals surface area contributed by atoms with Crippen molar-refractivity contribution in [1.82, 2.24) is 14.5 Å². The molecule has 0 radical (unpaired) electrons. The number of hydrogen-bond donors (Lipinski definition) is 0. The number of carbonyl (C=O) groups is 1. The van der Waals surface area contributed by atoms with Gasteiger partial charge in [0, 0.05) is 37.0 Å². The second kappa shape index (κ2) is 6.66. The number of hydrogen-bond acceptors (Lipinski definition) is 2. The van der Waals surface area contributed by atoms with Gasteiger partial charge in [-0.15, -0.1) is 11.6 Å². The molecule has 1 atom stereocenters. The molecular weight excluding hydrogens is 324 g/mol. The fourth-order valence-electron chi connectivity index (χ4n) is 2.95. The Morgan fingerprint density at radius 3 is 2.83 bits per heavy atom. The largest absolute Gasteiger partial charge is 0.335 e. The van der Waals surface area contributed by atoms with Crippen LogP contribution in [0.4, 0.5) is 8.78 Å². The summed E-state index contributed by atoms with van der Waals surface area (Å²) in [5, 5.41) is 0. The van der Waals surface area contributed by atoms with Crippen LogP contribution in [0.2, 0.25) is 0 Å². The van der Waals surface area contributed by atoms with Crippen LogP contribution in [-0.2, 0) is 24.3 Å². The van der Waals surface area contributed by atoms with Gasteiger partial charge < -0.3 is 9.47 Å². The molecule has 1 aliphatic heterocycles. The van der Waals surface area contributed by atoms with E-state index in [0.29, 0.717) is 19.4 Å². The van der Waals surface area contributed by atoms with Gasteiger partial charge in [-0.1, -0.05) is 6.07 Å². The predicted octanol–water partition coefficient (Wildman–Crippen LogP) is 2.74. The number of rotatable bonds is 4. The summed E-state index contributed by atoms with van der Waals surface area (Å²) in [6, 6.07) is 3.51. The number of nitrogens with zero attached hydrogens (tertiary/aromatic N) is 3. The summed E-state index contributed by atoms with van der Waals surface area (Å²) in [5.41, 5.74) is -0.111. The highest BCUT2D eigenvalue weighted by atomic mass is 35.5. The molecule has 2 heterocycles. The maximum atomic E-state index is 13.9. The lowest BCUT2D eigenvalue weighted by molar-refractivity contribution is -0.132. The van der Waals surface area contributed by atoms with Crippen LogP contribution in [0.1, 0.15) is 17.8 Å². The molecule has 1 aromatic heterocycles. The minimum atomic E-state index is -0.658. The normalized spacial score (nSPS) is 16.9. The van der Waals surface area contributed by atoms with Crippen molar-refractivity contribution in [1.29, 1.82) is 0 Å². The molecule has 7 heteroatoms. The van der Waals surface area contributed by atoms with Gasteiger partial charge in [0.05, 0.1) is 6.54 Å². The summed E-state index contributed by atoms with van der Waals surface area (Å²) >= 11 is 5.69. The van der Waals surface area contributed by atoms with Crippen molar-refractivity contribution in [2.75, 3.05) is 5.88 Å². The lowest BCUT2D eigenvalue weighted by Gasteiger charge is -2.34. The van der Waals surface area contributed by atoms with E-state index < -0.39 is 11.6 Å². The van der Waals surface area contributed by atoms with Gasteiger partial charge >= 0.3 is 0 Å². The maximum Gasteiger partial charge on any atom is 0.238 e. The molecule has 122 valence electrons. The zero-order chi connectivity index (χ0) is 16.4. The van der Waals surface area contributed by atoms with Crippen LogP contribution < -0.4 is 0 Å². The van der Waals surface area contributed by atoms with Crippen LogP contribution in [0.5, 0.6) is 0 Å². The van der Waals surface area contributed by atoms with Gasteiger partial charge in [-0.25, -0.2) is 13.8 Å². The summed E-state index contributed by atoms with van der Waals surface area (Å²) in [7, 11) is 0. The Kier molecular flexibility index (Phi) is 4.61. The molecule has 0 aliphatic carbocycles. The van der Waals surface area contributed by atoms with Crippen LogP contribution in [0.25, 0.3) is 0 Å². The van der Waals surface area contributed by atoms with Gasteiger partial charge in [-0.05, 0) is 18.6 Å². The SMILES string of the molecule is O=C(CCl)N(Cc1c(F)cccc1F)C1CCn2ccnc2C1. The summed E-state index contributed by atoms with van der Waals surface area (Å²) in [6.45, 7) is 0.585. The van der Waals surface area contributed by atoms with Crippen molar-refractivity contribution in [3.8, 4) is 0 Å². The molecule has 1 unspecified atom stereocenters. The lowest BCUT2D eigenvalue weighted by atomic mass is 10.0. The molecule has 23 heavy (non-hydrogen) atoms. The molecule has 1 amide bonds. The van der Waals surface area contributed by atoms with E-state index in [4.69, 9.17) is 11.6 Å². The lowest BCUT2D eigenvalue weighted by Crippen LogP contribution is -2.44. The third-order valence-electron chi connectivity index (χ3n) is 4.19. The summed E-state index contributed by atoms with van der Waals surface area (Å²) in [6.07, 6.45) is 4.84. The molecule has 0 fully saturated rings. The van der Waals surface area contributed by atoms with Crippen LogP contribution in [0, 0.1) is 11.6 Å². The fraction of sp³-hybridized carbons (Fsp3) is 0.375. The second-order valence-electron chi connectivity index (χ2n) is 5.54. The monoisotopic (exact) mass is 339 g/mol. The van der Waals surface area contributed by atoms with Crippen LogP contribution in [0.3, 0.4) is 0 Å². The van der Waals surface area contributed by atoms with Gasteiger partial charge in [-0.2, -0.15) is 0 Å². The number of amides is 1. The van der Waals surface area contributed by atoms with Gasteiger partial charge in [0.15, 0.2) is 0 Å². The first-order chi connectivity index (χ1) is 11.1. The number of benzene rings is 1. The number of fused-ring (bicyclic) bond motifs is 1. The molecule has 4 nitrogen and oxygen atoms in total. The highest BCUT2D eigenvalue weighted by molar-refractivity contribution is 6.27. The number of aryl methyl sites for hydroxylation is 1. The topological polar surface area (TPSA) is 38.1 Å². The molecule has 0 saturated heterocycles. The molecule has 3 rings (SSSR count). The van der Waals surface area contributed by atoms with Crippen LogP contribution in [0.15, 0.2) is 30.6 Å². The van der Waals surface area contributed by atoms with Gasteiger partial charge in [-0.3, -0.25) is 4.79 Å². The van der Waals surface area contributed by atoms with Gasteiger partial charge in [0.25, 0.3) is 0 Å². The molecule has 0 saturated carbocycles. The zero-order valence-corrected chi connectivity index (χ0v) is 13.1. The highest BCUT2D eigenvalue weighted by Gasteiger charge is 2.29. The molecule has 0 spiro atoms. The second-order valence-corrected chi connectivity index (χ2v) is 5.81. The first kappa shape index (κ1) is 15.9. The first-order valence-electron chi connectivity index (χ1n) is 7.38. The van der Waals surface area contributed by atoms with Crippen molar-refractivity contribution in [2.45, 2.75) is 32.0 Å². The minimum Gasteiger partial charge on any atom is -0.335 e. The number of imidazole rings is 1. The average molecular weight is 340 g/mol. The molecule has 2 aromatic rings. The number of carbonyl (C=O) groups excluding carboxylic acids is 1. The van der Waals surface area contributed by atoms with E-state index in [2.05, 4.69) is 4.98 Å². The average Bonchev–Trinajstić information content (AvgIpc) is 3.01. The van der Waals surface area contributed by atoms with Crippen molar-refractivity contribution < 1.29 is 13.6 Å². The Bertz CT molecular complexity index is 699. The van der Waals surface area contributed by atoms with E-state index in [1.807, 2.05) is 10.8 Å². The Labute approximate surface area is 137 Å². The minimum absolute atomic E-state index is 0.111. The number of alkyl halides is 1. The summed E-state index contributed by atoms with van der Waals surface area (Å²) < 4.78 is 29.8. The molecule has 0 bridgehead atoms. The molecule has 1 aliphatic rings. The van der Waals surface area contributed by atoms with Crippen molar-refractivity contribution in [3.05, 3.63) is 53.6 Å². The standard InChI is InChI=1S/C16H16ClF2N3O/c17-9-16(23)22(10-12-13(18)2-1-3-14(12)19)11-4-6-21-7-5-20-15(21)8-11/h1-3,5,7,11H,4,6,8-10H2. The van der Waals surface area contributed by atoms with Crippen molar-refractivity contribution >= 4 is 17.5 Å².